The second-order valence-corrected chi connectivity index (χ2v) is 5.53. The van der Waals surface area contributed by atoms with E-state index >= 15 is 0 Å². The monoisotopic (exact) mass is 211 g/mol. The van der Waals surface area contributed by atoms with Gasteiger partial charge in [0, 0.05) is 0 Å². The third-order valence-corrected chi connectivity index (χ3v) is 4.26. The molecule has 90 valence electrons. The maximum absolute atomic E-state index is 2.59. The molecule has 1 heterocycles. The highest BCUT2D eigenvalue weighted by Gasteiger charge is 2.22. The van der Waals surface area contributed by atoms with Gasteiger partial charge in [0.05, 0.1) is 0 Å². The largest absolute Gasteiger partial charge is 0.304 e. The van der Waals surface area contributed by atoms with Crippen molar-refractivity contribution in [3.05, 3.63) is 0 Å². The molecular weight excluding hydrogens is 182 g/mol. The highest BCUT2D eigenvalue weighted by atomic mass is 15.1. The average molecular weight is 211 g/mol. The van der Waals surface area contributed by atoms with E-state index in [0.717, 1.165) is 17.8 Å². The van der Waals surface area contributed by atoms with Crippen molar-refractivity contribution in [3.63, 3.8) is 0 Å². The molecule has 0 aromatic heterocycles. The topological polar surface area (TPSA) is 3.24 Å². The molecule has 0 amide bonds. The predicted molar refractivity (Wildman–Crippen MR) is 68.1 cm³/mol. The van der Waals surface area contributed by atoms with Crippen molar-refractivity contribution >= 4 is 0 Å². The Hall–Kier alpha value is -0.0400. The van der Waals surface area contributed by atoms with Crippen LogP contribution in [0, 0.1) is 17.8 Å². The summed E-state index contributed by atoms with van der Waals surface area (Å²) in [5, 5.41) is 0. The highest BCUT2D eigenvalue weighted by Crippen LogP contribution is 2.29. The molecule has 1 saturated heterocycles. The standard InChI is InChI=1S/C14H29N/c1-5-14(12(3)4)11-13-7-9-15(6-2)10-8-13/h12-14H,5-11H2,1-4H3. The van der Waals surface area contributed by atoms with Gasteiger partial charge < -0.3 is 4.90 Å². The number of hydrogen-bond donors (Lipinski definition) is 0. The zero-order valence-electron chi connectivity index (χ0n) is 11.1. The normalized spacial score (nSPS) is 22.2. The number of hydrogen-bond acceptors (Lipinski definition) is 1. The Kier molecular flexibility index (Phi) is 5.66. The van der Waals surface area contributed by atoms with Crippen LogP contribution in [-0.2, 0) is 0 Å². The molecule has 0 aliphatic carbocycles. The number of likely N-dealkylation sites (tertiary alicyclic amines) is 1. The lowest BCUT2D eigenvalue weighted by atomic mass is 9.81. The van der Waals surface area contributed by atoms with Crippen LogP contribution in [0.4, 0.5) is 0 Å². The van der Waals surface area contributed by atoms with Gasteiger partial charge in [-0.05, 0) is 56.7 Å². The maximum Gasteiger partial charge on any atom is -0.00162 e. The van der Waals surface area contributed by atoms with Crippen LogP contribution in [0.3, 0.4) is 0 Å². The first-order valence-electron chi connectivity index (χ1n) is 6.89. The van der Waals surface area contributed by atoms with Gasteiger partial charge in [0.15, 0.2) is 0 Å². The van der Waals surface area contributed by atoms with Gasteiger partial charge in [-0.25, -0.2) is 0 Å². The van der Waals surface area contributed by atoms with Crippen molar-refractivity contribution in [1.29, 1.82) is 0 Å². The molecule has 1 rings (SSSR count). The Balaban J connectivity index is 2.28. The van der Waals surface area contributed by atoms with Crippen LogP contribution in [0.15, 0.2) is 0 Å². The van der Waals surface area contributed by atoms with Crippen LogP contribution in [0.2, 0.25) is 0 Å². The molecule has 1 unspecified atom stereocenters. The van der Waals surface area contributed by atoms with E-state index in [9.17, 15) is 0 Å². The minimum absolute atomic E-state index is 0.874. The SMILES string of the molecule is CCC(CC1CCN(CC)CC1)C(C)C. The summed E-state index contributed by atoms with van der Waals surface area (Å²) in [5.74, 6) is 2.85. The van der Waals surface area contributed by atoms with E-state index in [4.69, 9.17) is 0 Å². The fourth-order valence-corrected chi connectivity index (χ4v) is 2.88. The zero-order chi connectivity index (χ0) is 11.3. The van der Waals surface area contributed by atoms with Crippen LogP contribution in [0.25, 0.3) is 0 Å². The molecule has 1 aliphatic heterocycles. The van der Waals surface area contributed by atoms with E-state index in [2.05, 4.69) is 32.6 Å². The first-order valence-corrected chi connectivity index (χ1v) is 6.89. The quantitative estimate of drug-likeness (QED) is 0.669. The van der Waals surface area contributed by atoms with Crippen LogP contribution in [0.1, 0.15) is 53.4 Å². The lowest BCUT2D eigenvalue weighted by molar-refractivity contribution is 0.162. The Morgan fingerprint density at radius 1 is 1.13 bits per heavy atom. The summed E-state index contributed by atoms with van der Waals surface area (Å²) in [6.45, 7) is 13.3. The lowest BCUT2D eigenvalue weighted by Gasteiger charge is -2.33. The third kappa shape index (κ3) is 4.14. The first kappa shape index (κ1) is 13.0. The lowest BCUT2D eigenvalue weighted by Crippen LogP contribution is -2.34. The molecule has 0 aromatic carbocycles. The average Bonchev–Trinajstić information content (AvgIpc) is 2.26. The predicted octanol–water partition coefficient (Wildman–Crippen LogP) is 3.79. The molecule has 0 bridgehead atoms. The van der Waals surface area contributed by atoms with Gasteiger partial charge in [0.1, 0.15) is 0 Å². The fraction of sp³-hybridized carbons (Fsp3) is 1.00. The van der Waals surface area contributed by atoms with Crippen molar-refractivity contribution in [2.24, 2.45) is 17.8 Å². The molecule has 0 aromatic rings. The molecule has 1 atom stereocenters. The summed E-state index contributed by atoms with van der Waals surface area (Å²) in [6.07, 6.45) is 5.73. The van der Waals surface area contributed by atoms with Crippen molar-refractivity contribution < 1.29 is 0 Å². The van der Waals surface area contributed by atoms with E-state index in [0.29, 0.717) is 0 Å². The second kappa shape index (κ2) is 6.52. The van der Waals surface area contributed by atoms with Gasteiger partial charge >= 0.3 is 0 Å². The molecule has 1 aliphatic rings. The van der Waals surface area contributed by atoms with E-state index in [1.165, 1.54) is 45.3 Å². The van der Waals surface area contributed by atoms with Gasteiger partial charge in [-0.3, -0.25) is 0 Å². The van der Waals surface area contributed by atoms with Gasteiger partial charge in [-0.15, -0.1) is 0 Å². The Morgan fingerprint density at radius 3 is 2.13 bits per heavy atom. The molecule has 0 saturated carbocycles. The molecule has 1 heteroatoms. The van der Waals surface area contributed by atoms with Crippen LogP contribution >= 0.6 is 0 Å². The number of nitrogens with zero attached hydrogens (tertiary/aromatic N) is 1. The van der Waals surface area contributed by atoms with Gasteiger partial charge in [0.25, 0.3) is 0 Å². The van der Waals surface area contributed by atoms with Gasteiger partial charge in [-0.2, -0.15) is 0 Å². The van der Waals surface area contributed by atoms with Crippen molar-refractivity contribution in [2.45, 2.75) is 53.4 Å². The van der Waals surface area contributed by atoms with Gasteiger partial charge in [0.2, 0.25) is 0 Å². The molecule has 15 heavy (non-hydrogen) atoms. The minimum Gasteiger partial charge on any atom is -0.304 e. The number of piperidine rings is 1. The minimum atomic E-state index is 0.874. The van der Waals surface area contributed by atoms with Crippen LogP contribution in [0.5, 0.6) is 0 Å². The van der Waals surface area contributed by atoms with Crippen molar-refractivity contribution in [3.8, 4) is 0 Å². The van der Waals surface area contributed by atoms with Crippen LogP contribution < -0.4 is 0 Å². The van der Waals surface area contributed by atoms with Gasteiger partial charge in [-0.1, -0.05) is 34.1 Å². The third-order valence-electron chi connectivity index (χ3n) is 4.26. The van der Waals surface area contributed by atoms with Crippen molar-refractivity contribution in [2.75, 3.05) is 19.6 Å². The highest BCUT2D eigenvalue weighted by molar-refractivity contribution is 4.75. The molecule has 1 fully saturated rings. The summed E-state index contributed by atoms with van der Waals surface area (Å²) in [7, 11) is 0. The molecule has 0 radical (unpaired) electrons. The summed E-state index contributed by atoms with van der Waals surface area (Å²) in [4.78, 5) is 2.59. The summed E-state index contributed by atoms with van der Waals surface area (Å²) < 4.78 is 0. The van der Waals surface area contributed by atoms with E-state index in [-0.39, 0.29) is 0 Å². The maximum atomic E-state index is 2.59. The summed E-state index contributed by atoms with van der Waals surface area (Å²) >= 11 is 0. The fourth-order valence-electron chi connectivity index (χ4n) is 2.88. The summed E-state index contributed by atoms with van der Waals surface area (Å²) in [6, 6.07) is 0. The van der Waals surface area contributed by atoms with Crippen LogP contribution in [-0.4, -0.2) is 24.5 Å². The zero-order valence-corrected chi connectivity index (χ0v) is 11.1. The number of rotatable bonds is 5. The Morgan fingerprint density at radius 2 is 1.73 bits per heavy atom. The smallest absolute Gasteiger partial charge is 0.00162 e. The van der Waals surface area contributed by atoms with E-state index in [1.807, 2.05) is 0 Å². The molecule has 1 nitrogen and oxygen atoms in total. The Bertz CT molecular complexity index is 157. The second-order valence-electron chi connectivity index (χ2n) is 5.53. The molecular formula is C14H29N. The first-order chi connectivity index (χ1) is 7.17. The van der Waals surface area contributed by atoms with E-state index in [1.54, 1.807) is 0 Å². The molecule has 0 spiro atoms. The van der Waals surface area contributed by atoms with E-state index < -0.39 is 0 Å². The Labute approximate surface area is 96.2 Å². The molecule has 0 N–H and O–H groups in total. The summed E-state index contributed by atoms with van der Waals surface area (Å²) in [5.41, 5.74) is 0. The van der Waals surface area contributed by atoms with Crippen molar-refractivity contribution in [1.82, 2.24) is 4.90 Å².